The van der Waals surface area contributed by atoms with Crippen LogP contribution in [0.3, 0.4) is 0 Å². The summed E-state index contributed by atoms with van der Waals surface area (Å²) in [4.78, 5) is 13.4. The van der Waals surface area contributed by atoms with E-state index in [1.807, 2.05) is 4.90 Å². The average molecular weight is 490 g/mol. The van der Waals surface area contributed by atoms with E-state index in [9.17, 15) is 4.39 Å². The van der Waals surface area contributed by atoms with Crippen LogP contribution < -0.4 is 15.5 Å². The van der Waals surface area contributed by atoms with Crippen LogP contribution in [0.5, 0.6) is 0 Å². The van der Waals surface area contributed by atoms with Crippen molar-refractivity contribution in [2.45, 2.75) is 51.2 Å². The first-order chi connectivity index (χ1) is 12.6. The number of aliphatic imine (C=N–C) groups is 1. The highest BCUT2D eigenvalue weighted by Gasteiger charge is 2.29. The minimum Gasteiger partial charge on any atom is -0.357 e. The molecule has 1 aliphatic carbocycles. The predicted octanol–water partition coefficient (Wildman–Crippen LogP) is 2.46. The summed E-state index contributed by atoms with van der Waals surface area (Å²) >= 11 is 0. The molecule has 0 amide bonds. The van der Waals surface area contributed by atoms with Crippen LogP contribution in [0.25, 0.3) is 0 Å². The van der Waals surface area contributed by atoms with Gasteiger partial charge in [-0.2, -0.15) is 0 Å². The Kier molecular flexibility index (Phi) is 8.53. The fraction of sp³-hybridized carbons (Fsp3) is 0.684. The summed E-state index contributed by atoms with van der Waals surface area (Å²) in [6, 6.07) is 4.51. The van der Waals surface area contributed by atoms with Crippen molar-refractivity contribution in [1.82, 2.24) is 20.5 Å². The second kappa shape index (κ2) is 10.4. The topological polar surface area (TPSA) is 55.8 Å². The van der Waals surface area contributed by atoms with E-state index in [-0.39, 0.29) is 35.8 Å². The number of rotatable bonds is 7. The summed E-state index contributed by atoms with van der Waals surface area (Å²) in [6.07, 6.45) is 5.20. The molecule has 2 fully saturated rings. The van der Waals surface area contributed by atoms with Gasteiger partial charge in [0.25, 0.3) is 0 Å². The molecule has 2 heterocycles. The fourth-order valence-electron chi connectivity index (χ4n) is 3.39. The molecule has 0 radical (unpaired) electrons. The molecule has 0 aromatic carbocycles. The van der Waals surface area contributed by atoms with Crippen molar-refractivity contribution in [1.29, 1.82) is 0 Å². The first-order valence-corrected chi connectivity index (χ1v) is 9.70. The maximum absolute atomic E-state index is 13.9. The molecule has 8 heteroatoms. The first-order valence-electron chi connectivity index (χ1n) is 9.70. The molecule has 1 aromatic heterocycles. The van der Waals surface area contributed by atoms with Gasteiger partial charge >= 0.3 is 0 Å². The Morgan fingerprint density at radius 3 is 2.89 bits per heavy atom. The highest BCUT2D eigenvalue weighted by Crippen LogP contribution is 2.27. The molecular weight excluding hydrogens is 458 g/mol. The Morgan fingerprint density at radius 2 is 2.22 bits per heavy atom. The standard InChI is InChI=1S/C19H31FN6.HI/c1-4-21-19(23-12-14(2)25(3)16-7-8-16)24-15-9-11-26(13-15)18-17(20)6-5-10-22-18;/h5-6,10,14-16H,4,7-9,11-13H2,1-3H3,(H2,21,23,24);1H. The number of nitrogens with one attached hydrogen (secondary N) is 2. The summed E-state index contributed by atoms with van der Waals surface area (Å²) in [5.74, 6) is 1.03. The zero-order chi connectivity index (χ0) is 18.5. The lowest BCUT2D eigenvalue weighted by Gasteiger charge is -2.24. The molecule has 0 spiro atoms. The van der Waals surface area contributed by atoms with E-state index in [1.54, 1.807) is 12.3 Å². The van der Waals surface area contributed by atoms with Gasteiger partial charge in [0, 0.05) is 44.0 Å². The zero-order valence-corrected chi connectivity index (χ0v) is 18.8. The van der Waals surface area contributed by atoms with Crippen LogP contribution in [0, 0.1) is 5.82 Å². The molecule has 152 valence electrons. The first kappa shape index (κ1) is 22.1. The van der Waals surface area contributed by atoms with Crippen LogP contribution >= 0.6 is 24.0 Å². The van der Waals surface area contributed by atoms with Gasteiger partial charge in [0.1, 0.15) is 0 Å². The van der Waals surface area contributed by atoms with Crippen molar-refractivity contribution < 1.29 is 4.39 Å². The number of hydrogen-bond acceptors (Lipinski definition) is 4. The van der Waals surface area contributed by atoms with Crippen molar-refractivity contribution in [2.75, 3.05) is 38.1 Å². The van der Waals surface area contributed by atoms with Crippen LogP contribution in [0.4, 0.5) is 10.2 Å². The lowest BCUT2D eigenvalue weighted by Crippen LogP contribution is -2.45. The van der Waals surface area contributed by atoms with E-state index >= 15 is 0 Å². The van der Waals surface area contributed by atoms with E-state index in [2.05, 4.69) is 41.4 Å². The van der Waals surface area contributed by atoms with Crippen molar-refractivity contribution in [2.24, 2.45) is 4.99 Å². The van der Waals surface area contributed by atoms with Crippen molar-refractivity contribution in [3.05, 3.63) is 24.1 Å². The number of halogens is 2. The molecular formula is C19H32FIN6. The van der Waals surface area contributed by atoms with Gasteiger partial charge in [-0.05, 0) is 52.3 Å². The van der Waals surface area contributed by atoms with Gasteiger partial charge < -0.3 is 15.5 Å². The highest BCUT2D eigenvalue weighted by molar-refractivity contribution is 14.0. The molecule has 2 aliphatic rings. The number of guanidine groups is 1. The van der Waals surface area contributed by atoms with Crippen molar-refractivity contribution in [3.8, 4) is 0 Å². The third kappa shape index (κ3) is 6.17. The van der Waals surface area contributed by atoms with E-state index in [0.717, 1.165) is 44.6 Å². The minimum absolute atomic E-state index is 0. The molecule has 2 unspecified atom stereocenters. The summed E-state index contributed by atoms with van der Waals surface area (Å²) in [5, 5.41) is 6.83. The molecule has 27 heavy (non-hydrogen) atoms. The largest absolute Gasteiger partial charge is 0.357 e. The number of pyridine rings is 1. The summed E-state index contributed by atoms with van der Waals surface area (Å²) in [5.41, 5.74) is 0. The number of likely N-dealkylation sites (N-methyl/N-ethyl adjacent to an activating group) is 1. The van der Waals surface area contributed by atoms with Crippen LogP contribution in [0.2, 0.25) is 0 Å². The molecule has 1 aromatic rings. The fourth-order valence-corrected chi connectivity index (χ4v) is 3.39. The normalized spacial score (nSPS) is 21.1. The van der Waals surface area contributed by atoms with Gasteiger partial charge in [0.15, 0.2) is 17.6 Å². The Labute approximate surface area is 179 Å². The Bertz CT molecular complexity index is 624. The SMILES string of the molecule is CCNC(=NCC(C)N(C)C1CC1)NC1CCN(c2ncccc2F)C1.I. The van der Waals surface area contributed by atoms with Gasteiger partial charge in [0.2, 0.25) is 0 Å². The molecule has 2 atom stereocenters. The van der Waals surface area contributed by atoms with Gasteiger partial charge in [-0.15, -0.1) is 24.0 Å². The third-order valence-electron chi connectivity index (χ3n) is 5.24. The summed E-state index contributed by atoms with van der Waals surface area (Å²) in [6.45, 7) is 7.42. The van der Waals surface area contributed by atoms with Gasteiger partial charge in [-0.25, -0.2) is 9.37 Å². The van der Waals surface area contributed by atoms with Crippen LogP contribution in [0.15, 0.2) is 23.3 Å². The molecule has 6 nitrogen and oxygen atoms in total. The number of aromatic nitrogens is 1. The summed E-state index contributed by atoms with van der Waals surface area (Å²) in [7, 11) is 2.19. The van der Waals surface area contributed by atoms with E-state index in [0.29, 0.717) is 11.9 Å². The molecule has 3 rings (SSSR count). The van der Waals surface area contributed by atoms with Crippen molar-refractivity contribution in [3.63, 3.8) is 0 Å². The Morgan fingerprint density at radius 1 is 1.44 bits per heavy atom. The van der Waals surface area contributed by atoms with Gasteiger partial charge in [-0.1, -0.05) is 0 Å². The number of hydrogen-bond donors (Lipinski definition) is 2. The van der Waals surface area contributed by atoms with E-state index in [1.165, 1.54) is 18.9 Å². The monoisotopic (exact) mass is 490 g/mol. The maximum Gasteiger partial charge on any atom is 0.191 e. The van der Waals surface area contributed by atoms with Crippen LogP contribution in [0.1, 0.15) is 33.1 Å². The lowest BCUT2D eigenvalue weighted by molar-refractivity contribution is 0.253. The van der Waals surface area contributed by atoms with Crippen LogP contribution in [-0.4, -0.2) is 67.2 Å². The molecule has 1 saturated heterocycles. The lowest BCUT2D eigenvalue weighted by atomic mass is 10.2. The summed E-state index contributed by atoms with van der Waals surface area (Å²) < 4.78 is 13.9. The minimum atomic E-state index is -0.259. The highest BCUT2D eigenvalue weighted by atomic mass is 127. The van der Waals surface area contributed by atoms with E-state index in [4.69, 9.17) is 4.99 Å². The second-order valence-electron chi connectivity index (χ2n) is 7.35. The predicted molar refractivity (Wildman–Crippen MR) is 120 cm³/mol. The quantitative estimate of drug-likeness (QED) is 0.350. The molecule has 1 saturated carbocycles. The number of anilines is 1. The molecule has 1 aliphatic heterocycles. The van der Waals surface area contributed by atoms with Gasteiger partial charge in [-0.3, -0.25) is 9.89 Å². The van der Waals surface area contributed by atoms with E-state index < -0.39 is 0 Å². The van der Waals surface area contributed by atoms with Gasteiger partial charge in [0.05, 0.1) is 6.54 Å². The van der Waals surface area contributed by atoms with Crippen LogP contribution in [-0.2, 0) is 0 Å². The number of nitrogens with zero attached hydrogens (tertiary/aromatic N) is 4. The van der Waals surface area contributed by atoms with Crippen molar-refractivity contribution >= 4 is 35.8 Å². The molecule has 0 bridgehead atoms. The zero-order valence-electron chi connectivity index (χ0n) is 16.5. The third-order valence-corrected chi connectivity index (χ3v) is 5.24. The Balaban J connectivity index is 0.00000261. The smallest absolute Gasteiger partial charge is 0.191 e. The second-order valence-corrected chi connectivity index (χ2v) is 7.35. The average Bonchev–Trinajstić information content (AvgIpc) is 3.39. The molecule has 2 N–H and O–H groups in total. The Hall–Kier alpha value is -1.16. The maximum atomic E-state index is 13.9.